The highest BCUT2D eigenvalue weighted by atomic mass is 35.5. The molecule has 0 bridgehead atoms. The first-order chi connectivity index (χ1) is 11.1. The number of carbonyl (C=O) groups is 1. The number of aromatic nitrogens is 2. The molecule has 0 saturated carbocycles. The second-order valence-corrected chi connectivity index (χ2v) is 6.13. The summed E-state index contributed by atoms with van der Waals surface area (Å²) in [7, 11) is 3.83. The Labute approximate surface area is 142 Å². The van der Waals surface area contributed by atoms with Gasteiger partial charge in [-0.1, -0.05) is 11.6 Å². The van der Waals surface area contributed by atoms with E-state index in [9.17, 15) is 18.0 Å². The zero-order valence-electron chi connectivity index (χ0n) is 13.5. The molecule has 9 heteroatoms. The summed E-state index contributed by atoms with van der Waals surface area (Å²) in [4.78, 5) is 18.4. The monoisotopic (exact) mass is 362 g/mol. The Morgan fingerprint density at radius 2 is 2.08 bits per heavy atom. The number of aryl methyl sites for hydroxylation is 1. The minimum atomic E-state index is -4.56. The number of fused-ring (bicyclic) bond motifs is 1. The third kappa shape index (κ3) is 3.99. The topological polar surface area (TPSA) is 49.6 Å². The molecule has 0 unspecified atom stereocenters. The number of pyridine rings is 1. The fourth-order valence-corrected chi connectivity index (χ4v) is 2.58. The minimum absolute atomic E-state index is 0.0582. The van der Waals surface area contributed by atoms with Gasteiger partial charge >= 0.3 is 6.18 Å². The van der Waals surface area contributed by atoms with Crippen molar-refractivity contribution in [2.24, 2.45) is 0 Å². The Morgan fingerprint density at radius 3 is 2.67 bits per heavy atom. The van der Waals surface area contributed by atoms with Gasteiger partial charge in [-0.3, -0.25) is 9.20 Å². The molecule has 2 rings (SSSR count). The van der Waals surface area contributed by atoms with Gasteiger partial charge < -0.3 is 10.2 Å². The molecule has 0 aliphatic rings. The summed E-state index contributed by atoms with van der Waals surface area (Å²) >= 11 is 5.90. The first kappa shape index (κ1) is 18.5. The zero-order valence-corrected chi connectivity index (χ0v) is 14.3. The van der Waals surface area contributed by atoms with E-state index in [0.717, 1.165) is 29.6 Å². The number of halogens is 4. The Kier molecular flexibility index (Phi) is 5.39. The maximum Gasteiger partial charge on any atom is 0.417 e. The van der Waals surface area contributed by atoms with E-state index < -0.39 is 17.6 Å². The Balaban J connectivity index is 2.34. The molecule has 0 radical (unpaired) electrons. The van der Waals surface area contributed by atoms with Crippen LogP contribution < -0.4 is 5.32 Å². The highest BCUT2D eigenvalue weighted by Crippen LogP contribution is 2.33. The molecule has 2 heterocycles. The van der Waals surface area contributed by atoms with E-state index in [0.29, 0.717) is 12.2 Å². The van der Waals surface area contributed by atoms with Crippen LogP contribution in [0.25, 0.3) is 5.65 Å². The van der Waals surface area contributed by atoms with Crippen molar-refractivity contribution in [2.45, 2.75) is 19.5 Å². The molecule has 1 N–H and O–H groups in total. The van der Waals surface area contributed by atoms with Crippen molar-refractivity contribution in [3.05, 3.63) is 34.2 Å². The van der Waals surface area contributed by atoms with Gasteiger partial charge in [0, 0.05) is 12.7 Å². The largest absolute Gasteiger partial charge is 0.417 e. The van der Waals surface area contributed by atoms with E-state index in [-0.39, 0.29) is 16.4 Å². The lowest BCUT2D eigenvalue weighted by atomic mass is 10.2. The van der Waals surface area contributed by atoms with E-state index in [2.05, 4.69) is 10.3 Å². The van der Waals surface area contributed by atoms with E-state index in [1.54, 1.807) is 6.92 Å². The lowest BCUT2D eigenvalue weighted by molar-refractivity contribution is -0.137. The average molecular weight is 363 g/mol. The van der Waals surface area contributed by atoms with Gasteiger partial charge in [0.1, 0.15) is 5.69 Å². The van der Waals surface area contributed by atoms with Gasteiger partial charge in [-0.25, -0.2) is 4.98 Å². The molecule has 0 fully saturated rings. The summed E-state index contributed by atoms with van der Waals surface area (Å²) in [6.07, 6.45) is -2.99. The molecule has 5 nitrogen and oxygen atoms in total. The number of hydrogen-bond donors (Lipinski definition) is 1. The van der Waals surface area contributed by atoms with Gasteiger partial charge in [0.25, 0.3) is 5.91 Å². The van der Waals surface area contributed by atoms with Gasteiger partial charge in [-0.2, -0.15) is 13.2 Å². The maximum atomic E-state index is 13.0. The average Bonchev–Trinajstić information content (AvgIpc) is 2.79. The Morgan fingerprint density at radius 1 is 1.42 bits per heavy atom. The van der Waals surface area contributed by atoms with Gasteiger partial charge in [-0.05, 0) is 40.1 Å². The third-order valence-corrected chi connectivity index (χ3v) is 3.74. The lowest BCUT2D eigenvalue weighted by Crippen LogP contribution is -2.28. The smallest absolute Gasteiger partial charge is 0.351 e. The van der Waals surface area contributed by atoms with Crippen molar-refractivity contribution in [2.75, 3.05) is 27.2 Å². The Bertz CT molecular complexity index is 755. The Hall–Kier alpha value is -1.80. The van der Waals surface area contributed by atoms with E-state index in [4.69, 9.17) is 11.6 Å². The predicted octanol–water partition coefficient (Wildman–Crippen LogP) is 3.00. The highest BCUT2D eigenvalue weighted by Gasteiger charge is 2.32. The molecule has 0 spiro atoms. The highest BCUT2D eigenvalue weighted by molar-refractivity contribution is 6.33. The van der Waals surface area contributed by atoms with Gasteiger partial charge in [0.15, 0.2) is 5.65 Å². The quantitative estimate of drug-likeness (QED) is 0.832. The molecule has 132 valence electrons. The number of carbonyl (C=O) groups excluding carboxylic acids is 1. The fourth-order valence-electron chi connectivity index (χ4n) is 2.33. The van der Waals surface area contributed by atoms with E-state index >= 15 is 0 Å². The van der Waals surface area contributed by atoms with E-state index in [1.807, 2.05) is 19.0 Å². The summed E-state index contributed by atoms with van der Waals surface area (Å²) in [5, 5.41) is 2.55. The van der Waals surface area contributed by atoms with Gasteiger partial charge in [-0.15, -0.1) is 0 Å². The van der Waals surface area contributed by atoms with Crippen LogP contribution in [0.1, 0.15) is 28.2 Å². The number of nitrogens with zero attached hydrogens (tertiary/aromatic N) is 3. The first-order valence-corrected chi connectivity index (χ1v) is 7.67. The number of amides is 1. The van der Waals surface area contributed by atoms with Crippen LogP contribution in [0.15, 0.2) is 12.3 Å². The van der Waals surface area contributed by atoms with Gasteiger partial charge in [0.2, 0.25) is 0 Å². The minimum Gasteiger partial charge on any atom is -0.351 e. The molecule has 2 aromatic heterocycles. The van der Waals surface area contributed by atoms with Crippen LogP contribution in [0, 0.1) is 6.92 Å². The normalized spacial score (nSPS) is 12.2. The van der Waals surface area contributed by atoms with Crippen molar-refractivity contribution in [3.8, 4) is 0 Å². The second kappa shape index (κ2) is 6.98. The predicted molar refractivity (Wildman–Crippen MR) is 85.4 cm³/mol. The summed E-state index contributed by atoms with van der Waals surface area (Å²) in [6, 6.07) is 0.808. The van der Waals surface area contributed by atoms with Crippen LogP contribution in [0.3, 0.4) is 0 Å². The lowest BCUT2D eigenvalue weighted by Gasteiger charge is -2.11. The van der Waals surface area contributed by atoms with Crippen molar-refractivity contribution >= 4 is 23.2 Å². The van der Waals surface area contributed by atoms with Crippen molar-refractivity contribution in [3.63, 3.8) is 0 Å². The third-order valence-electron chi connectivity index (χ3n) is 3.46. The van der Waals surface area contributed by atoms with Crippen LogP contribution >= 0.6 is 11.6 Å². The number of imidazole rings is 1. The maximum absolute atomic E-state index is 13.0. The summed E-state index contributed by atoms with van der Waals surface area (Å²) in [5.74, 6) is -0.478. The van der Waals surface area contributed by atoms with E-state index in [1.165, 1.54) is 0 Å². The number of alkyl halides is 3. The van der Waals surface area contributed by atoms with Crippen LogP contribution in [-0.2, 0) is 6.18 Å². The van der Waals surface area contributed by atoms with Gasteiger partial charge in [0.05, 0.1) is 16.3 Å². The molecule has 0 atom stereocenters. The molecule has 1 amide bonds. The standard InChI is InChI=1S/C15H18ClF3N4O/c1-9-12(14(24)20-5-4-6-22(2)3)23-8-10(15(17,18)19)7-11(16)13(23)21-9/h7-8H,4-6H2,1-3H3,(H,20,24). The van der Waals surface area contributed by atoms with Crippen LogP contribution in [0.2, 0.25) is 5.02 Å². The van der Waals surface area contributed by atoms with Crippen LogP contribution in [0.4, 0.5) is 13.2 Å². The number of rotatable bonds is 5. The summed E-state index contributed by atoms with van der Waals surface area (Å²) in [6.45, 7) is 2.76. The number of nitrogens with one attached hydrogen (secondary N) is 1. The molecular formula is C15H18ClF3N4O. The van der Waals surface area contributed by atoms with Crippen molar-refractivity contribution in [1.29, 1.82) is 0 Å². The molecule has 2 aromatic rings. The fraction of sp³-hybridized carbons (Fsp3) is 0.467. The van der Waals surface area contributed by atoms with Crippen LogP contribution in [0.5, 0.6) is 0 Å². The summed E-state index contributed by atoms with van der Waals surface area (Å²) in [5.41, 5.74) is -0.427. The molecule has 0 saturated heterocycles. The van der Waals surface area contributed by atoms with Crippen molar-refractivity contribution < 1.29 is 18.0 Å². The molecule has 0 aliphatic carbocycles. The molecule has 0 aromatic carbocycles. The SMILES string of the molecule is Cc1nc2c(Cl)cc(C(F)(F)F)cn2c1C(=O)NCCCN(C)C. The molecule has 0 aliphatic heterocycles. The van der Waals surface area contributed by atoms with Crippen molar-refractivity contribution in [1.82, 2.24) is 19.6 Å². The second-order valence-electron chi connectivity index (χ2n) is 5.73. The zero-order chi connectivity index (χ0) is 18.1. The molecule has 24 heavy (non-hydrogen) atoms. The molecular weight excluding hydrogens is 345 g/mol. The first-order valence-electron chi connectivity index (χ1n) is 7.29. The number of hydrogen-bond acceptors (Lipinski definition) is 3. The summed E-state index contributed by atoms with van der Waals surface area (Å²) < 4.78 is 40.0. The van der Waals surface area contributed by atoms with Crippen LogP contribution in [-0.4, -0.2) is 47.4 Å².